The zero-order valence-corrected chi connectivity index (χ0v) is 15.7. The minimum atomic E-state index is -1.30. The van der Waals surface area contributed by atoms with E-state index in [0.29, 0.717) is 11.3 Å². The van der Waals surface area contributed by atoms with Crippen LogP contribution in [0.1, 0.15) is 22.3 Å². The van der Waals surface area contributed by atoms with Crippen LogP contribution in [0.25, 0.3) is 0 Å². The molecule has 154 valence electrons. The van der Waals surface area contributed by atoms with Gasteiger partial charge in [0.25, 0.3) is 5.91 Å². The molecule has 0 bridgehead atoms. The summed E-state index contributed by atoms with van der Waals surface area (Å²) >= 11 is 0. The summed E-state index contributed by atoms with van der Waals surface area (Å²) in [6, 6.07) is 10.9. The molecule has 0 radical (unpaired) electrons. The zero-order valence-electron chi connectivity index (χ0n) is 15.7. The molecule has 2 aromatic carbocycles. The number of Topliss-reactive ketones (excluding diaryl/α,β-unsaturated/α-hetero) is 1. The summed E-state index contributed by atoms with van der Waals surface area (Å²) in [4.78, 5) is 50.5. The summed E-state index contributed by atoms with van der Waals surface area (Å²) in [6.07, 6.45) is 0.225. The van der Waals surface area contributed by atoms with E-state index in [-0.39, 0.29) is 18.6 Å². The number of halogens is 1. The van der Waals surface area contributed by atoms with Gasteiger partial charge in [0.15, 0.2) is 17.9 Å². The number of amides is 3. The molecular formula is C21H17FN2O6. The van der Waals surface area contributed by atoms with E-state index < -0.39 is 48.2 Å². The predicted molar refractivity (Wildman–Crippen MR) is 100 cm³/mol. The largest absolute Gasteiger partial charge is 0.493 e. The maximum atomic E-state index is 13.1. The van der Waals surface area contributed by atoms with Gasteiger partial charge in [-0.3, -0.25) is 19.3 Å². The number of hydrogen-bond donors (Lipinski definition) is 1. The summed E-state index contributed by atoms with van der Waals surface area (Å²) in [5.41, 5.74) is -0.593. The Bertz CT molecular complexity index is 1040. The molecule has 2 heterocycles. The summed E-state index contributed by atoms with van der Waals surface area (Å²) < 4.78 is 23.4. The summed E-state index contributed by atoms with van der Waals surface area (Å²) in [5.74, 6) is -2.02. The third kappa shape index (κ3) is 3.38. The van der Waals surface area contributed by atoms with E-state index in [9.17, 15) is 23.6 Å². The predicted octanol–water partition coefficient (Wildman–Crippen LogP) is 1.78. The molecule has 0 aliphatic carbocycles. The van der Waals surface area contributed by atoms with Gasteiger partial charge in [0.2, 0.25) is 0 Å². The number of nitrogens with one attached hydrogen (secondary N) is 1. The monoisotopic (exact) mass is 412 g/mol. The van der Waals surface area contributed by atoms with Gasteiger partial charge in [-0.15, -0.1) is 0 Å². The van der Waals surface area contributed by atoms with Crippen molar-refractivity contribution in [3.05, 3.63) is 65.5 Å². The fourth-order valence-corrected chi connectivity index (χ4v) is 3.56. The molecule has 1 fully saturated rings. The first-order valence-electron chi connectivity index (χ1n) is 9.21. The normalized spacial score (nSPS) is 19.8. The Morgan fingerprint density at radius 3 is 2.63 bits per heavy atom. The average molecular weight is 412 g/mol. The Kier molecular flexibility index (Phi) is 4.94. The van der Waals surface area contributed by atoms with Gasteiger partial charge in [0, 0.05) is 17.5 Å². The van der Waals surface area contributed by atoms with E-state index >= 15 is 0 Å². The van der Waals surface area contributed by atoms with Crippen molar-refractivity contribution in [3.8, 4) is 5.75 Å². The van der Waals surface area contributed by atoms with Crippen LogP contribution in [-0.2, 0) is 19.9 Å². The Labute approximate surface area is 170 Å². The number of ether oxygens (including phenoxy) is 2. The standard InChI is InChI=1S/C21H17FN2O6/c22-14-7-5-13(6-8-14)16(25)12-30-18(26)11-24-19(27)21(23-20(24)28)9-10-29-17-4-2-1-3-15(17)21/h1-8H,9-12H2,(H,23,28)/t21-/m1/s1. The van der Waals surface area contributed by atoms with E-state index in [2.05, 4.69) is 5.32 Å². The van der Waals surface area contributed by atoms with Crippen LogP contribution in [0, 0.1) is 5.82 Å². The number of carbonyl (C=O) groups is 4. The highest BCUT2D eigenvalue weighted by Gasteiger charge is 2.55. The number of hydrogen-bond acceptors (Lipinski definition) is 6. The van der Waals surface area contributed by atoms with Crippen molar-refractivity contribution in [2.75, 3.05) is 19.8 Å². The Hall–Kier alpha value is -3.75. The minimum Gasteiger partial charge on any atom is -0.493 e. The van der Waals surface area contributed by atoms with E-state index in [0.717, 1.165) is 17.0 Å². The lowest BCUT2D eigenvalue weighted by Gasteiger charge is -2.33. The van der Waals surface area contributed by atoms with Gasteiger partial charge in [0.1, 0.15) is 18.1 Å². The van der Waals surface area contributed by atoms with Crippen molar-refractivity contribution >= 4 is 23.7 Å². The van der Waals surface area contributed by atoms with Crippen LogP contribution in [0.15, 0.2) is 48.5 Å². The maximum Gasteiger partial charge on any atom is 0.326 e. The number of ketones is 1. The molecule has 0 saturated carbocycles. The van der Waals surface area contributed by atoms with Crippen LogP contribution >= 0.6 is 0 Å². The van der Waals surface area contributed by atoms with Crippen LogP contribution in [0.2, 0.25) is 0 Å². The lowest BCUT2D eigenvalue weighted by atomic mass is 9.84. The van der Waals surface area contributed by atoms with Crippen LogP contribution < -0.4 is 10.1 Å². The molecular weight excluding hydrogens is 395 g/mol. The molecule has 8 nitrogen and oxygen atoms in total. The van der Waals surface area contributed by atoms with Gasteiger partial charge < -0.3 is 14.8 Å². The number of benzene rings is 2. The highest BCUT2D eigenvalue weighted by Crippen LogP contribution is 2.40. The maximum absolute atomic E-state index is 13.1. The first-order chi connectivity index (χ1) is 14.4. The molecule has 2 aliphatic rings. The number of rotatable bonds is 5. The molecule has 3 amide bonds. The third-order valence-corrected chi connectivity index (χ3v) is 5.07. The number of carbonyl (C=O) groups excluding carboxylic acids is 4. The highest BCUT2D eigenvalue weighted by atomic mass is 19.1. The van der Waals surface area contributed by atoms with Gasteiger partial charge in [0.05, 0.1) is 6.61 Å². The molecule has 2 aromatic rings. The highest BCUT2D eigenvalue weighted by molar-refractivity contribution is 6.09. The van der Waals surface area contributed by atoms with Crippen LogP contribution in [-0.4, -0.2) is 48.3 Å². The van der Waals surface area contributed by atoms with Crippen LogP contribution in [0.3, 0.4) is 0 Å². The van der Waals surface area contributed by atoms with Crippen molar-refractivity contribution in [3.63, 3.8) is 0 Å². The van der Waals surface area contributed by atoms with Crippen LogP contribution in [0.5, 0.6) is 5.75 Å². The first kappa shape index (κ1) is 19.6. The lowest BCUT2D eigenvalue weighted by Crippen LogP contribution is -2.47. The smallest absolute Gasteiger partial charge is 0.326 e. The van der Waals surface area contributed by atoms with E-state index in [4.69, 9.17) is 9.47 Å². The van der Waals surface area contributed by atoms with Gasteiger partial charge in [-0.1, -0.05) is 18.2 Å². The first-order valence-corrected chi connectivity index (χ1v) is 9.21. The molecule has 0 unspecified atom stereocenters. The summed E-state index contributed by atoms with van der Waals surface area (Å²) in [6.45, 7) is -0.991. The summed E-state index contributed by atoms with van der Waals surface area (Å²) in [7, 11) is 0. The Morgan fingerprint density at radius 1 is 1.13 bits per heavy atom. The lowest BCUT2D eigenvalue weighted by molar-refractivity contribution is -0.147. The fourth-order valence-electron chi connectivity index (χ4n) is 3.56. The van der Waals surface area contributed by atoms with E-state index in [1.807, 2.05) is 0 Å². The molecule has 30 heavy (non-hydrogen) atoms. The van der Waals surface area contributed by atoms with Crippen molar-refractivity contribution in [2.45, 2.75) is 12.0 Å². The van der Waals surface area contributed by atoms with E-state index in [1.54, 1.807) is 24.3 Å². The second-order valence-corrected chi connectivity index (χ2v) is 6.91. The minimum absolute atomic E-state index is 0.178. The zero-order chi connectivity index (χ0) is 21.3. The topological polar surface area (TPSA) is 102 Å². The van der Waals surface area contributed by atoms with Crippen molar-refractivity contribution < 1.29 is 33.0 Å². The van der Waals surface area contributed by atoms with Gasteiger partial charge in [-0.05, 0) is 30.3 Å². The quantitative estimate of drug-likeness (QED) is 0.456. The number of nitrogens with zero attached hydrogens (tertiary/aromatic N) is 1. The van der Waals surface area contributed by atoms with Crippen molar-refractivity contribution in [1.29, 1.82) is 0 Å². The molecule has 1 atom stereocenters. The SMILES string of the molecule is O=C(CN1C(=O)N[C@@]2(CCOc3ccccc32)C1=O)OCC(=O)c1ccc(F)cc1. The second kappa shape index (κ2) is 7.58. The number of urea groups is 1. The summed E-state index contributed by atoms with van der Waals surface area (Å²) in [5, 5.41) is 2.67. The molecule has 9 heteroatoms. The Morgan fingerprint density at radius 2 is 1.87 bits per heavy atom. The van der Waals surface area contributed by atoms with Gasteiger partial charge in [-0.2, -0.15) is 0 Å². The third-order valence-electron chi connectivity index (χ3n) is 5.07. The molecule has 1 saturated heterocycles. The number of imide groups is 1. The van der Waals surface area contributed by atoms with E-state index in [1.165, 1.54) is 12.1 Å². The second-order valence-electron chi connectivity index (χ2n) is 6.91. The number of fused-ring (bicyclic) bond motifs is 2. The van der Waals surface area contributed by atoms with Gasteiger partial charge >= 0.3 is 12.0 Å². The van der Waals surface area contributed by atoms with Crippen LogP contribution in [0.4, 0.5) is 9.18 Å². The average Bonchev–Trinajstić information content (AvgIpc) is 2.97. The van der Waals surface area contributed by atoms with Gasteiger partial charge in [-0.25, -0.2) is 9.18 Å². The van der Waals surface area contributed by atoms with Crippen molar-refractivity contribution in [1.82, 2.24) is 10.2 Å². The molecule has 4 rings (SSSR count). The molecule has 2 aliphatic heterocycles. The number of esters is 1. The molecule has 0 aromatic heterocycles. The Balaban J connectivity index is 1.42. The molecule has 1 N–H and O–H groups in total. The fraction of sp³-hybridized carbons (Fsp3) is 0.238. The molecule has 1 spiro atoms. The number of para-hydroxylation sites is 1. The van der Waals surface area contributed by atoms with Crippen molar-refractivity contribution in [2.24, 2.45) is 0 Å².